The van der Waals surface area contributed by atoms with Crippen LogP contribution in [0.1, 0.15) is 18.0 Å². The lowest BCUT2D eigenvalue weighted by molar-refractivity contribution is 0.743. The van der Waals surface area contributed by atoms with Gasteiger partial charge >= 0.3 is 0 Å². The lowest BCUT2D eigenvalue weighted by Gasteiger charge is -2.08. The summed E-state index contributed by atoms with van der Waals surface area (Å²) in [4.78, 5) is 3.18. The highest BCUT2D eigenvalue weighted by molar-refractivity contribution is 5.85. The van der Waals surface area contributed by atoms with Crippen molar-refractivity contribution >= 4 is 23.3 Å². The monoisotopic (exact) mass is 222 g/mol. The molecular formula is C12H15ClN2. The fraction of sp³-hybridized carbons (Fsp3) is 0.167. The number of aromatic amines is 1. The van der Waals surface area contributed by atoms with Crippen LogP contribution in [0.5, 0.6) is 0 Å². The topological polar surface area (TPSA) is 41.8 Å². The molecule has 0 amide bonds. The summed E-state index contributed by atoms with van der Waals surface area (Å²) in [5.74, 6) is 0. The molecule has 0 fully saturated rings. The Morgan fingerprint density at radius 2 is 2.20 bits per heavy atom. The number of halogens is 1. The van der Waals surface area contributed by atoms with Crippen molar-refractivity contribution in [3.63, 3.8) is 0 Å². The Kier molecular flexibility index (Phi) is 3.95. The fourth-order valence-corrected chi connectivity index (χ4v) is 1.61. The van der Waals surface area contributed by atoms with Gasteiger partial charge in [0.15, 0.2) is 0 Å². The Morgan fingerprint density at radius 1 is 1.40 bits per heavy atom. The molecule has 2 nitrogen and oxygen atoms in total. The van der Waals surface area contributed by atoms with Crippen molar-refractivity contribution in [3.05, 3.63) is 48.7 Å². The van der Waals surface area contributed by atoms with Crippen molar-refractivity contribution in [2.45, 2.75) is 12.5 Å². The van der Waals surface area contributed by atoms with Crippen molar-refractivity contribution in [2.75, 3.05) is 0 Å². The van der Waals surface area contributed by atoms with Gasteiger partial charge in [-0.1, -0.05) is 18.2 Å². The molecule has 2 aromatic rings. The number of fused-ring (bicyclic) bond motifs is 1. The average molecular weight is 223 g/mol. The van der Waals surface area contributed by atoms with E-state index in [0.717, 1.165) is 17.5 Å². The van der Waals surface area contributed by atoms with E-state index in [4.69, 9.17) is 5.73 Å². The Hall–Kier alpha value is -1.25. The highest BCUT2D eigenvalue weighted by Gasteiger charge is 2.04. The van der Waals surface area contributed by atoms with E-state index in [1.165, 1.54) is 5.39 Å². The van der Waals surface area contributed by atoms with Gasteiger partial charge in [-0.2, -0.15) is 0 Å². The van der Waals surface area contributed by atoms with Gasteiger partial charge in [-0.05, 0) is 29.5 Å². The summed E-state index contributed by atoms with van der Waals surface area (Å²) in [5.41, 5.74) is 8.27. The highest BCUT2D eigenvalue weighted by atomic mass is 35.5. The predicted octanol–water partition coefficient (Wildman–Crippen LogP) is 3.17. The van der Waals surface area contributed by atoms with Crippen molar-refractivity contribution in [3.8, 4) is 0 Å². The van der Waals surface area contributed by atoms with Crippen LogP contribution in [0.25, 0.3) is 10.9 Å². The number of hydrogen-bond donors (Lipinski definition) is 2. The molecular weight excluding hydrogens is 208 g/mol. The molecule has 0 aliphatic carbocycles. The van der Waals surface area contributed by atoms with Crippen LogP contribution >= 0.6 is 12.4 Å². The second kappa shape index (κ2) is 5.01. The maximum Gasteiger partial charge on any atom is 0.0457 e. The molecule has 3 N–H and O–H groups in total. The van der Waals surface area contributed by atoms with Gasteiger partial charge in [-0.15, -0.1) is 19.0 Å². The van der Waals surface area contributed by atoms with Crippen LogP contribution in [-0.2, 0) is 0 Å². The highest BCUT2D eigenvalue weighted by Crippen LogP contribution is 2.19. The lowest BCUT2D eigenvalue weighted by atomic mass is 10.0. The molecule has 3 heteroatoms. The van der Waals surface area contributed by atoms with E-state index in [9.17, 15) is 0 Å². The zero-order valence-electron chi connectivity index (χ0n) is 8.44. The van der Waals surface area contributed by atoms with E-state index < -0.39 is 0 Å². The van der Waals surface area contributed by atoms with Crippen LogP contribution in [0, 0.1) is 0 Å². The van der Waals surface area contributed by atoms with E-state index in [1.54, 1.807) is 0 Å². The third-order valence-corrected chi connectivity index (χ3v) is 2.43. The van der Waals surface area contributed by atoms with Gasteiger partial charge in [0.1, 0.15) is 0 Å². The van der Waals surface area contributed by atoms with Crippen LogP contribution in [0.15, 0.2) is 43.1 Å². The number of H-pyrrole nitrogens is 1. The van der Waals surface area contributed by atoms with Crippen LogP contribution in [0.4, 0.5) is 0 Å². The summed E-state index contributed by atoms with van der Waals surface area (Å²) >= 11 is 0. The number of hydrogen-bond acceptors (Lipinski definition) is 1. The smallest absolute Gasteiger partial charge is 0.0457 e. The first-order valence-electron chi connectivity index (χ1n) is 4.75. The molecule has 15 heavy (non-hydrogen) atoms. The van der Waals surface area contributed by atoms with E-state index in [0.29, 0.717) is 0 Å². The minimum atomic E-state index is 0. The van der Waals surface area contributed by atoms with Crippen LogP contribution < -0.4 is 5.73 Å². The van der Waals surface area contributed by atoms with Crippen LogP contribution in [0.3, 0.4) is 0 Å². The Bertz CT molecular complexity index is 448. The van der Waals surface area contributed by atoms with Crippen molar-refractivity contribution in [2.24, 2.45) is 5.73 Å². The molecule has 0 radical (unpaired) electrons. The van der Waals surface area contributed by atoms with Crippen molar-refractivity contribution in [1.82, 2.24) is 4.98 Å². The Morgan fingerprint density at radius 3 is 2.93 bits per heavy atom. The second-order valence-electron chi connectivity index (χ2n) is 3.46. The molecule has 0 saturated carbocycles. The summed E-state index contributed by atoms with van der Waals surface area (Å²) in [7, 11) is 0. The SMILES string of the molecule is C=CC[C@@H](N)c1ccc2cc[nH]c2c1.Cl. The molecule has 0 saturated heterocycles. The van der Waals surface area contributed by atoms with E-state index in [1.807, 2.05) is 12.3 Å². The van der Waals surface area contributed by atoms with Crippen molar-refractivity contribution in [1.29, 1.82) is 0 Å². The Balaban J connectivity index is 0.00000112. The first kappa shape index (κ1) is 11.8. The largest absolute Gasteiger partial charge is 0.361 e. The third kappa shape index (κ3) is 2.41. The molecule has 0 aliphatic rings. The Labute approximate surface area is 95.6 Å². The average Bonchev–Trinajstić information content (AvgIpc) is 2.64. The first-order valence-corrected chi connectivity index (χ1v) is 4.75. The quantitative estimate of drug-likeness (QED) is 0.770. The van der Waals surface area contributed by atoms with Crippen LogP contribution in [0.2, 0.25) is 0 Å². The third-order valence-electron chi connectivity index (χ3n) is 2.43. The molecule has 0 unspecified atom stereocenters. The maximum absolute atomic E-state index is 5.98. The van der Waals surface area contributed by atoms with Gasteiger partial charge in [0.2, 0.25) is 0 Å². The minimum absolute atomic E-state index is 0. The number of benzene rings is 1. The molecule has 2 rings (SSSR count). The number of rotatable bonds is 3. The lowest BCUT2D eigenvalue weighted by Crippen LogP contribution is -2.08. The molecule has 0 spiro atoms. The normalized spacial score (nSPS) is 12.1. The summed E-state index contributed by atoms with van der Waals surface area (Å²) in [6, 6.07) is 8.37. The number of aromatic nitrogens is 1. The van der Waals surface area contributed by atoms with Gasteiger partial charge in [0.25, 0.3) is 0 Å². The zero-order valence-corrected chi connectivity index (χ0v) is 9.26. The summed E-state index contributed by atoms with van der Waals surface area (Å²) < 4.78 is 0. The van der Waals surface area contributed by atoms with Crippen LogP contribution in [-0.4, -0.2) is 4.98 Å². The zero-order chi connectivity index (χ0) is 9.97. The number of nitrogens with one attached hydrogen (secondary N) is 1. The molecule has 1 aromatic carbocycles. The standard InChI is InChI=1S/C12H14N2.ClH/c1-2-3-11(13)10-5-4-9-6-7-14-12(9)8-10;/h2,4-8,11,14H,1,3,13H2;1H/t11-;/m1./s1. The maximum atomic E-state index is 5.98. The predicted molar refractivity (Wildman–Crippen MR) is 67.3 cm³/mol. The second-order valence-corrected chi connectivity index (χ2v) is 3.46. The fourth-order valence-electron chi connectivity index (χ4n) is 1.61. The van der Waals surface area contributed by atoms with E-state index in [2.05, 4.69) is 35.8 Å². The number of nitrogens with two attached hydrogens (primary N) is 1. The summed E-state index contributed by atoms with van der Waals surface area (Å²) in [6.07, 6.45) is 4.60. The van der Waals surface area contributed by atoms with Gasteiger partial charge in [-0.3, -0.25) is 0 Å². The summed E-state index contributed by atoms with van der Waals surface area (Å²) in [5, 5.41) is 1.22. The van der Waals surface area contributed by atoms with Crippen molar-refractivity contribution < 1.29 is 0 Å². The molecule has 1 atom stereocenters. The van der Waals surface area contributed by atoms with Gasteiger partial charge in [0.05, 0.1) is 0 Å². The molecule has 1 aromatic heterocycles. The van der Waals surface area contributed by atoms with Gasteiger partial charge in [0, 0.05) is 17.8 Å². The molecule has 0 bridgehead atoms. The van der Waals surface area contributed by atoms with Gasteiger partial charge in [-0.25, -0.2) is 0 Å². The summed E-state index contributed by atoms with van der Waals surface area (Å²) in [6.45, 7) is 3.69. The van der Waals surface area contributed by atoms with E-state index in [-0.39, 0.29) is 18.4 Å². The molecule has 80 valence electrons. The van der Waals surface area contributed by atoms with E-state index >= 15 is 0 Å². The van der Waals surface area contributed by atoms with Gasteiger partial charge < -0.3 is 10.7 Å². The minimum Gasteiger partial charge on any atom is -0.361 e. The molecule has 0 aliphatic heterocycles. The molecule has 1 heterocycles. The first-order chi connectivity index (χ1) is 6.81.